The lowest BCUT2D eigenvalue weighted by atomic mass is 10.1. The number of rotatable bonds is 10. The van der Waals surface area contributed by atoms with E-state index >= 15 is 0 Å². The van der Waals surface area contributed by atoms with Crippen molar-refractivity contribution in [2.75, 3.05) is 4.90 Å². The minimum absolute atomic E-state index is 1.09. The summed E-state index contributed by atoms with van der Waals surface area (Å²) in [5, 5.41) is 0. The van der Waals surface area contributed by atoms with Gasteiger partial charge in [0.15, 0.2) is 0 Å². The Kier molecular flexibility index (Phi) is 9.67. The average molecular weight is 805 g/mol. The van der Waals surface area contributed by atoms with E-state index in [0.29, 0.717) is 0 Å². The van der Waals surface area contributed by atoms with Gasteiger partial charge in [0.1, 0.15) is 0 Å². The number of hydrogen-bond donors (Lipinski definition) is 0. The van der Waals surface area contributed by atoms with Crippen LogP contribution in [-0.2, 0) is 0 Å². The van der Waals surface area contributed by atoms with Crippen molar-refractivity contribution >= 4 is 62.4 Å². The quantitative estimate of drug-likeness (QED) is 0.138. The fourth-order valence-electron chi connectivity index (χ4n) is 6.88. The van der Waals surface area contributed by atoms with Crippen LogP contribution in [0.1, 0.15) is 0 Å². The van der Waals surface area contributed by atoms with Crippen LogP contribution in [0.5, 0.6) is 0 Å². The van der Waals surface area contributed by atoms with Gasteiger partial charge in [0.2, 0.25) is 0 Å². The molecule has 0 N–H and O–H groups in total. The molecule has 0 atom stereocenters. The zero-order valence-electron chi connectivity index (χ0n) is 30.4. The van der Waals surface area contributed by atoms with Crippen LogP contribution in [-0.4, -0.2) is 15.0 Å². The molecule has 7 aromatic heterocycles. The van der Waals surface area contributed by atoms with Crippen molar-refractivity contribution in [1.82, 2.24) is 15.0 Å². The normalized spacial score (nSPS) is 11.2. The molecule has 0 saturated carbocycles. The van der Waals surface area contributed by atoms with Crippen molar-refractivity contribution in [2.24, 2.45) is 0 Å². The Hall–Kier alpha value is -6.29. The predicted octanol–water partition coefficient (Wildman–Crippen LogP) is 15.3. The van der Waals surface area contributed by atoms with Crippen LogP contribution in [0.2, 0.25) is 0 Å². The van der Waals surface area contributed by atoms with Gasteiger partial charge >= 0.3 is 0 Å². The summed E-state index contributed by atoms with van der Waals surface area (Å²) in [5.74, 6) is 0. The van der Waals surface area contributed by atoms with Crippen LogP contribution in [0.4, 0.5) is 17.1 Å². The summed E-state index contributed by atoms with van der Waals surface area (Å²) in [4.78, 5) is 25.0. The molecular formula is C49H32N4S4. The molecular weight excluding hydrogens is 773 g/mol. The van der Waals surface area contributed by atoms with E-state index in [1.807, 2.05) is 94.7 Å². The van der Waals surface area contributed by atoms with Gasteiger partial charge in [-0.2, -0.15) is 0 Å². The van der Waals surface area contributed by atoms with E-state index in [2.05, 4.69) is 165 Å². The lowest BCUT2D eigenvalue weighted by Gasteiger charge is -2.26. The summed E-state index contributed by atoms with van der Waals surface area (Å²) in [5.41, 5.74) is 10.4. The highest BCUT2D eigenvalue weighted by Gasteiger charge is 2.16. The van der Waals surface area contributed by atoms with Crippen molar-refractivity contribution in [2.45, 2.75) is 0 Å². The van der Waals surface area contributed by atoms with Crippen molar-refractivity contribution in [3.05, 3.63) is 195 Å². The van der Waals surface area contributed by atoms with Gasteiger partial charge in [0.05, 0.1) is 0 Å². The summed E-state index contributed by atoms with van der Waals surface area (Å²) in [6.07, 6.45) is 11.1. The van der Waals surface area contributed by atoms with Gasteiger partial charge in [0.25, 0.3) is 0 Å². The van der Waals surface area contributed by atoms with Gasteiger partial charge in [-0.3, -0.25) is 15.0 Å². The van der Waals surface area contributed by atoms with Crippen LogP contribution < -0.4 is 4.90 Å². The molecule has 0 radical (unpaired) electrons. The fraction of sp³-hybridized carbons (Fsp3) is 0. The smallest absolute Gasteiger partial charge is 0.0462 e. The maximum Gasteiger partial charge on any atom is 0.0462 e. The SMILES string of the molecule is c1cc(-c2ccc(N(c3ccc(-c4ccc(-c5ccc(-c6ccncc6)s5)s4)cc3)c3ccc(-c4ccc(-c5ccc(-c6ccncc6)s5)s4)cc3)cc2)ccn1. The monoisotopic (exact) mass is 804 g/mol. The molecule has 0 unspecified atom stereocenters. The van der Waals surface area contributed by atoms with Gasteiger partial charge in [-0.05, 0) is 155 Å². The van der Waals surface area contributed by atoms with E-state index in [1.54, 1.807) is 0 Å². The molecule has 0 amide bonds. The number of nitrogens with zero attached hydrogens (tertiary/aromatic N) is 4. The van der Waals surface area contributed by atoms with E-state index in [9.17, 15) is 0 Å². The van der Waals surface area contributed by atoms with Crippen molar-refractivity contribution < 1.29 is 0 Å². The number of pyridine rings is 3. The molecule has 10 rings (SSSR count). The summed E-state index contributed by atoms with van der Waals surface area (Å²) >= 11 is 7.31. The van der Waals surface area contributed by atoms with E-state index in [-0.39, 0.29) is 0 Å². The number of benzene rings is 3. The van der Waals surface area contributed by atoms with E-state index in [4.69, 9.17) is 0 Å². The summed E-state index contributed by atoms with van der Waals surface area (Å²) < 4.78 is 0. The van der Waals surface area contributed by atoms with E-state index in [1.165, 1.54) is 61.3 Å². The Morgan fingerprint density at radius 2 is 0.456 bits per heavy atom. The first-order valence-electron chi connectivity index (χ1n) is 18.4. The van der Waals surface area contributed by atoms with Crippen LogP contribution in [0.3, 0.4) is 0 Å². The van der Waals surface area contributed by atoms with Crippen LogP contribution in [0, 0.1) is 0 Å². The van der Waals surface area contributed by atoms with Gasteiger partial charge in [0, 0.05) is 93.3 Å². The van der Waals surface area contributed by atoms with Gasteiger partial charge < -0.3 is 4.90 Å². The average Bonchev–Trinajstić information content (AvgIpc) is 4.13. The topological polar surface area (TPSA) is 41.9 Å². The Morgan fingerprint density at radius 3 is 0.772 bits per heavy atom. The molecule has 4 nitrogen and oxygen atoms in total. The van der Waals surface area contributed by atoms with Gasteiger partial charge in [-0.15, -0.1) is 45.3 Å². The second-order valence-electron chi connectivity index (χ2n) is 13.3. The molecule has 0 bridgehead atoms. The Labute approximate surface area is 347 Å². The molecule has 57 heavy (non-hydrogen) atoms. The summed E-state index contributed by atoms with van der Waals surface area (Å²) in [6.45, 7) is 0. The van der Waals surface area contributed by atoms with Crippen molar-refractivity contribution in [1.29, 1.82) is 0 Å². The molecule has 0 saturated heterocycles. The first-order chi connectivity index (χ1) is 28.2. The lowest BCUT2D eigenvalue weighted by molar-refractivity contribution is 1.28. The van der Waals surface area contributed by atoms with Gasteiger partial charge in [-0.25, -0.2) is 0 Å². The van der Waals surface area contributed by atoms with E-state index in [0.717, 1.165) is 28.2 Å². The zero-order valence-corrected chi connectivity index (χ0v) is 33.7. The molecule has 0 aliphatic heterocycles. The Balaban J connectivity index is 0.931. The van der Waals surface area contributed by atoms with Gasteiger partial charge in [-0.1, -0.05) is 36.4 Å². The maximum absolute atomic E-state index is 4.20. The van der Waals surface area contributed by atoms with Crippen molar-refractivity contribution in [3.8, 4) is 72.4 Å². The molecule has 0 aliphatic carbocycles. The highest BCUT2D eigenvalue weighted by atomic mass is 32.1. The molecule has 8 heteroatoms. The minimum atomic E-state index is 1.09. The summed E-state index contributed by atoms with van der Waals surface area (Å²) in [7, 11) is 0. The first kappa shape index (κ1) is 35.1. The number of anilines is 3. The standard InChI is InChI=1S/C49H32N4S4/c1-7-39(8-2-33(1)34-21-27-50-28-22-34)53(40-9-3-35(4-10-40)42-13-17-46(54-42)48-19-15-44(56-48)37-23-29-51-30-24-37)41-11-5-36(6-12-41)43-14-18-47(55-43)49-20-16-45(57-49)38-25-31-52-32-26-38/h1-32H. The third-order valence-electron chi connectivity index (χ3n) is 9.80. The second kappa shape index (κ2) is 15.7. The third-order valence-corrected chi connectivity index (χ3v) is 14.7. The largest absolute Gasteiger partial charge is 0.311 e. The zero-order chi connectivity index (χ0) is 38.0. The molecule has 272 valence electrons. The summed E-state index contributed by atoms with van der Waals surface area (Å²) in [6, 6.07) is 56.9. The van der Waals surface area contributed by atoms with E-state index < -0.39 is 0 Å². The molecule has 0 aliphatic rings. The number of thiophene rings is 4. The number of aromatic nitrogens is 3. The Morgan fingerprint density at radius 1 is 0.228 bits per heavy atom. The highest BCUT2D eigenvalue weighted by molar-refractivity contribution is 7.25. The van der Waals surface area contributed by atoms with Crippen LogP contribution in [0.15, 0.2) is 195 Å². The highest BCUT2D eigenvalue weighted by Crippen LogP contribution is 2.44. The Bertz CT molecular complexity index is 2720. The molecule has 3 aromatic carbocycles. The second-order valence-corrected chi connectivity index (χ2v) is 17.7. The molecule has 10 aromatic rings. The van der Waals surface area contributed by atoms with Crippen LogP contribution in [0.25, 0.3) is 72.4 Å². The first-order valence-corrected chi connectivity index (χ1v) is 21.7. The van der Waals surface area contributed by atoms with Crippen LogP contribution >= 0.6 is 45.3 Å². The number of hydrogen-bond acceptors (Lipinski definition) is 8. The maximum atomic E-state index is 4.20. The molecule has 7 heterocycles. The molecule has 0 spiro atoms. The van der Waals surface area contributed by atoms with Crippen molar-refractivity contribution in [3.63, 3.8) is 0 Å². The third kappa shape index (κ3) is 7.39. The predicted molar refractivity (Wildman–Crippen MR) is 244 cm³/mol. The molecule has 0 fully saturated rings. The lowest BCUT2D eigenvalue weighted by Crippen LogP contribution is -2.09. The fourth-order valence-corrected chi connectivity index (χ4v) is 11.1. The minimum Gasteiger partial charge on any atom is -0.311 e.